The average molecular weight is 334 g/mol. The van der Waals surface area contributed by atoms with E-state index in [2.05, 4.69) is 0 Å². The largest absolute Gasteiger partial charge is 0.507 e. The van der Waals surface area contributed by atoms with E-state index in [-0.39, 0.29) is 11.5 Å². The fourth-order valence-corrected chi connectivity index (χ4v) is 2.63. The lowest BCUT2D eigenvalue weighted by Crippen LogP contribution is -2.05. The highest BCUT2D eigenvalue weighted by Crippen LogP contribution is 2.30. The first-order chi connectivity index (χ1) is 12.1. The first-order valence-corrected chi connectivity index (χ1v) is 7.79. The normalized spacial score (nSPS) is 14.9. The number of Topliss-reactive ketones (excluding diaryl/α,β-unsaturated/α-hetero) is 1. The van der Waals surface area contributed by atoms with Crippen molar-refractivity contribution in [2.24, 2.45) is 0 Å². The van der Waals surface area contributed by atoms with Crippen LogP contribution in [0.15, 0.2) is 77.9 Å². The number of aliphatic hydroxyl groups excluding tert-OH is 1. The molecule has 2 aromatic carbocycles. The molecule has 4 heteroatoms. The Morgan fingerprint density at radius 1 is 0.840 bits per heavy atom. The zero-order chi connectivity index (χ0) is 17.8. The summed E-state index contributed by atoms with van der Waals surface area (Å²) < 4.78 is 10.2. The second-order valence-electron chi connectivity index (χ2n) is 5.49. The monoisotopic (exact) mass is 334 g/mol. The molecular formula is C21H18O4. The van der Waals surface area contributed by atoms with Crippen LogP contribution < -0.4 is 9.47 Å². The summed E-state index contributed by atoms with van der Waals surface area (Å²) in [5, 5.41) is 10.6. The van der Waals surface area contributed by atoms with Crippen molar-refractivity contribution in [3.05, 3.63) is 89.0 Å². The Morgan fingerprint density at radius 2 is 1.36 bits per heavy atom. The van der Waals surface area contributed by atoms with Gasteiger partial charge in [-0.1, -0.05) is 18.2 Å². The van der Waals surface area contributed by atoms with E-state index in [4.69, 9.17) is 9.47 Å². The standard InChI is InChI=1S/C21H18O4/c1-24-16-10-6-14(7-11-16)20(22)18-4-3-5-19(18)21(23)15-8-12-17(25-2)13-9-15/h3-13,22H,1-2H3. The molecule has 4 nitrogen and oxygen atoms in total. The summed E-state index contributed by atoms with van der Waals surface area (Å²) in [4.78, 5) is 12.8. The van der Waals surface area contributed by atoms with Gasteiger partial charge in [-0.15, -0.1) is 0 Å². The van der Waals surface area contributed by atoms with Crippen molar-refractivity contribution in [1.82, 2.24) is 0 Å². The molecule has 1 aliphatic carbocycles. The van der Waals surface area contributed by atoms with Gasteiger partial charge in [-0.25, -0.2) is 0 Å². The van der Waals surface area contributed by atoms with Crippen LogP contribution in [-0.2, 0) is 0 Å². The van der Waals surface area contributed by atoms with Gasteiger partial charge in [0, 0.05) is 22.3 Å². The van der Waals surface area contributed by atoms with Gasteiger partial charge in [-0.2, -0.15) is 0 Å². The van der Waals surface area contributed by atoms with Crippen molar-refractivity contribution >= 4 is 11.5 Å². The third-order valence-corrected chi connectivity index (χ3v) is 4.03. The minimum atomic E-state index is -0.150. The van der Waals surface area contributed by atoms with Gasteiger partial charge in [0.25, 0.3) is 0 Å². The van der Waals surface area contributed by atoms with Gasteiger partial charge >= 0.3 is 0 Å². The van der Waals surface area contributed by atoms with Gasteiger partial charge in [-0.05, 0) is 48.5 Å². The third kappa shape index (κ3) is 3.33. The van der Waals surface area contributed by atoms with Gasteiger partial charge < -0.3 is 14.6 Å². The van der Waals surface area contributed by atoms with Crippen molar-refractivity contribution in [3.8, 4) is 11.5 Å². The molecule has 0 saturated carbocycles. The Kier molecular flexibility index (Phi) is 4.70. The van der Waals surface area contributed by atoms with E-state index in [1.807, 2.05) is 0 Å². The van der Waals surface area contributed by atoms with E-state index in [9.17, 15) is 9.90 Å². The lowest BCUT2D eigenvalue weighted by molar-refractivity contribution is 0.103. The summed E-state index contributed by atoms with van der Waals surface area (Å²) in [6, 6.07) is 13.9. The molecule has 0 aromatic heterocycles. The van der Waals surface area contributed by atoms with Crippen molar-refractivity contribution in [1.29, 1.82) is 0 Å². The van der Waals surface area contributed by atoms with Gasteiger partial charge in [0.2, 0.25) is 0 Å². The van der Waals surface area contributed by atoms with E-state index < -0.39 is 0 Å². The molecular weight excluding hydrogens is 316 g/mol. The lowest BCUT2D eigenvalue weighted by Gasteiger charge is -2.09. The molecule has 0 bridgehead atoms. The number of hydrogen-bond acceptors (Lipinski definition) is 4. The Labute approximate surface area is 146 Å². The van der Waals surface area contributed by atoms with Crippen LogP contribution in [0.4, 0.5) is 0 Å². The summed E-state index contributed by atoms with van der Waals surface area (Å²) in [5.74, 6) is 1.30. The number of aliphatic hydroxyl groups is 1. The maximum atomic E-state index is 12.8. The highest BCUT2D eigenvalue weighted by atomic mass is 16.5. The molecule has 126 valence electrons. The zero-order valence-electron chi connectivity index (χ0n) is 14.0. The molecule has 3 rings (SSSR count). The number of rotatable bonds is 5. The maximum Gasteiger partial charge on any atom is 0.193 e. The van der Waals surface area contributed by atoms with Crippen LogP contribution in [-0.4, -0.2) is 25.1 Å². The molecule has 0 saturated heterocycles. The van der Waals surface area contributed by atoms with Crippen molar-refractivity contribution in [2.45, 2.75) is 0 Å². The number of carbonyl (C=O) groups excluding carboxylic acids is 1. The van der Waals surface area contributed by atoms with Crippen LogP contribution in [0.3, 0.4) is 0 Å². The van der Waals surface area contributed by atoms with Crippen LogP contribution in [0.1, 0.15) is 15.9 Å². The number of carbonyl (C=O) groups is 1. The van der Waals surface area contributed by atoms with Crippen molar-refractivity contribution < 1.29 is 19.4 Å². The van der Waals surface area contributed by atoms with Crippen LogP contribution in [0, 0.1) is 0 Å². The molecule has 1 N–H and O–H groups in total. The zero-order valence-corrected chi connectivity index (χ0v) is 14.0. The van der Waals surface area contributed by atoms with Crippen LogP contribution in [0.2, 0.25) is 0 Å². The molecule has 0 radical (unpaired) electrons. The van der Waals surface area contributed by atoms with Crippen molar-refractivity contribution in [2.75, 3.05) is 14.2 Å². The molecule has 0 aliphatic heterocycles. The van der Waals surface area contributed by atoms with Crippen LogP contribution in [0.25, 0.3) is 5.76 Å². The van der Waals surface area contributed by atoms with Gasteiger partial charge in [-0.3, -0.25) is 4.79 Å². The van der Waals surface area contributed by atoms with E-state index >= 15 is 0 Å². The van der Waals surface area contributed by atoms with Gasteiger partial charge in [0.05, 0.1) is 14.2 Å². The Balaban J connectivity index is 1.92. The smallest absolute Gasteiger partial charge is 0.193 e. The summed E-state index contributed by atoms with van der Waals surface area (Å²) in [7, 11) is 3.16. The van der Waals surface area contributed by atoms with E-state index in [0.717, 1.165) is 0 Å². The maximum absolute atomic E-state index is 12.8. The quantitative estimate of drug-likeness (QED) is 0.652. The molecule has 1 aliphatic rings. The Bertz CT molecular complexity index is 869. The summed E-state index contributed by atoms with van der Waals surface area (Å²) in [5.41, 5.74) is 2.12. The van der Waals surface area contributed by atoms with Crippen LogP contribution in [0.5, 0.6) is 11.5 Å². The topological polar surface area (TPSA) is 55.8 Å². The summed E-state index contributed by atoms with van der Waals surface area (Å²) >= 11 is 0. The van der Waals surface area contributed by atoms with E-state index in [0.29, 0.717) is 33.8 Å². The SMILES string of the molecule is COc1ccc(C(=O)C2=CC=CC2=C(O)c2ccc(OC)cc2)cc1. The third-order valence-electron chi connectivity index (χ3n) is 4.03. The minimum absolute atomic E-state index is 0.0597. The second kappa shape index (κ2) is 7.09. The van der Waals surface area contributed by atoms with E-state index in [1.165, 1.54) is 0 Å². The molecule has 25 heavy (non-hydrogen) atoms. The number of allylic oxidation sites excluding steroid dienone is 5. The fraction of sp³-hybridized carbons (Fsp3) is 0.0952. The number of ether oxygens (including phenoxy) is 2. The van der Waals surface area contributed by atoms with Crippen molar-refractivity contribution in [3.63, 3.8) is 0 Å². The summed E-state index contributed by atoms with van der Waals surface area (Å²) in [6.45, 7) is 0. The molecule has 0 unspecified atom stereocenters. The summed E-state index contributed by atoms with van der Waals surface area (Å²) in [6.07, 6.45) is 5.20. The minimum Gasteiger partial charge on any atom is -0.507 e. The molecule has 0 fully saturated rings. The number of ketones is 1. The van der Waals surface area contributed by atoms with Crippen LogP contribution >= 0.6 is 0 Å². The molecule has 2 aromatic rings. The molecule has 0 heterocycles. The molecule has 0 spiro atoms. The molecule has 0 atom stereocenters. The predicted octanol–water partition coefficient (Wildman–Crippen LogP) is 4.35. The molecule has 0 amide bonds. The number of hydrogen-bond donors (Lipinski definition) is 1. The highest BCUT2D eigenvalue weighted by Gasteiger charge is 2.21. The average Bonchev–Trinajstić information content (AvgIpc) is 3.16. The van der Waals surface area contributed by atoms with Gasteiger partial charge in [0.1, 0.15) is 17.3 Å². The van der Waals surface area contributed by atoms with Gasteiger partial charge in [0.15, 0.2) is 5.78 Å². The van der Waals surface area contributed by atoms with E-state index in [1.54, 1.807) is 81.0 Å². The number of benzene rings is 2. The Hall–Kier alpha value is -3.27. The highest BCUT2D eigenvalue weighted by molar-refractivity contribution is 6.14. The second-order valence-corrected chi connectivity index (χ2v) is 5.49. The Morgan fingerprint density at radius 3 is 1.88 bits per heavy atom. The first-order valence-electron chi connectivity index (χ1n) is 7.79. The first kappa shape index (κ1) is 16.6. The predicted molar refractivity (Wildman–Crippen MR) is 97.1 cm³/mol. The fourth-order valence-electron chi connectivity index (χ4n) is 2.63. The number of methoxy groups -OCH3 is 2. The lowest BCUT2D eigenvalue weighted by atomic mass is 9.96.